The Morgan fingerprint density at radius 3 is 2.57 bits per heavy atom. The van der Waals surface area contributed by atoms with E-state index >= 15 is 0 Å². The highest BCUT2D eigenvalue weighted by molar-refractivity contribution is 5.73. The molecule has 2 heteroatoms. The smallest absolute Gasteiger partial charge is 0.309 e. The van der Waals surface area contributed by atoms with Gasteiger partial charge in [0.05, 0.1) is 13.0 Å². The number of carbonyl (C=O) groups is 1. The van der Waals surface area contributed by atoms with Gasteiger partial charge in [-0.25, -0.2) is 0 Å². The molecule has 0 spiro atoms. The van der Waals surface area contributed by atoms with Gasteiger partial charge < -0.3 is 4.74 Å². The van der Waals surface area contributed by atoms with Crippen LogP contribution >= 0.6 is 0 Å². The summed E-state index contributed by atoms with van der Waals surface area (Å²) in [4.78, 5) is 12.1. The van der Waals surface area contributed by atoms with Crippen LogP contribution in [0.15, 0.2) is 24.3 Å². The van der Waals surface area contributed by atoms with Gasteiger partial charge in [0.15, 0.2) is 0 Å². The molecule has 0 N–H and O–H groups in total. The van der Waals surface area contributed by atoms with E-state index in [1.807, 2.05) is 0 Å². The van der Waals surface area contributed by atoms with Gasteiger partial charge in [0.2, 0.25) is 0 Å². The third-order valence-corrected chi connectivity index (χ3v) is 6.06. The Morgan fingerprint density at radius 1 is 1.14 bits per heavy atom. The van der Waals surface area contributed by atoms with Gasteiger partial charge in [-0.1, -0.05) is 38.1 Å². The van der Waals surface area contributed by atoms with Gasteiger partial charge in [-0.05, 0) is 60.5 Å². The van der Waals surface area contributed by atoms with Crippen LogP contribution in [0, 0.1) is 23.2 Å². The lowest BCUT2D eigenvalue weighted by molar-refractivity contribution is -0.155. The Morgan fingerprint density at radius 2 is 1.86 bits per heavy atom. The van der Waals surface area contributed by atoms with Crippen molar-refractivity contribution < 1.29 is 9.53 Å². The lowest BCUT2D eigenvalue weighted by atomic mass is 9.56. The SMILES string of the molecule is COC(=O)C1CCC2Cc3ccccc3CCC2C1(C)C. The maximum Gasteiger partial charge on any atom is 0.309 e. The van der Waals surface area contributed by atoms with Crippen molar-refractivity contribution >= 4 is 5.97 Å². The van der Waals surface area contributed by atoms with Crippen LogP contribution in [0.3, 0.4) is 0 Å². The van der Waals surface area contributed by atoms with Crippen molar-refractivity contribution in [2.24, 2.45) is 23.2 Å². The highest BCUT2D eigenvalue weighted by Gasteiger charge is 2.48. The van der Waals surface area contributed by atoms with Crippen molar-refractivity contribution in [3.8, 4) is 0 Å². The lowest BCUT2D eigenvalue weighted by Gasteiger charge is -2.47. The van der Waals surface area contributed by atoms with E-state index in [1.165, 1.54) is 31.1 Å². The van der Waals surface area contributed by atoms with E-state index in [0.717, 1.165) is 19.3 Å². The molecule has 2 aliphatic rings. The first-order chi connectivity index (χ1) is 10.0. The molecule has 0 bridgehead atoms. The minimum Gasteiger partial charge on any atom is -0.469 e. The molecule has 3 unspecified atom stereocenters. The molecule has 3 atom stereocenters. The van der Waals surface area contributed by atoms with Crippen molar-refractivity contribution in [2.75, 3.05) is 7.11 Å². The maximum absolute atomic E-state index is 12.1. The molecule has 2 aliphatic carbocycles. The van der Waals surface area contributed by atoms with Crippen LogP contribution in [0.4, 0.5) is 0 Å². The number of fused-ring (bicyclic) bond motifs is 2. The summed E-state index contributed by atoms with van der Waals surface area (Å²) in [6.45, 7) is 4.56. The molecule has 1 aromatic carbocycles. The number of carbonyl (C=O) groups excluding carboxylic acids is 1. The number of hydrogen-bond donors (Lipinski definition) is 0. The molecule has 1 aromatic rings. The fraction of sp³-hybridized carbons (Fsp3) is 0.632. The van der Waals surface area contributed by atoms with Crippen LogP contribution in [-0.4, -0.2) is 13.1 Å². The van der Waals surface area contributed by atoms with Crippen LogP contribution in [0.1, 0.15) is 44.2 Å². The fourth-order valence-corrected chi connectivity index (χ4v) is 4.83. The number of ether oxygens (including phenoxy) is 1. The van der Waals surface area contributed by atoms with Crippen LogP contribution in [0.25, 0.3) is 0 Å². The zero-order chi connectivity index (χ0) is 15.0. The molecule has 0 heterocycles. The fourth-order valence-electron chi connectivity index (χ4n) is 4.83. The summed E-state index contributed by atoms with van der Waals surface area (Å²) in [5.41, 5.74) is 3.08. The van der Waals surface area contributed by atoms with E-state index in [4.69, 9.17) is 4.74 Å². The first kappa shape index (κ1) is 14.6. The predicted molar refractivity (Wildman–Crippen MR) is 84.0 cm³/mol. The number of hydrogen-bond acceptors (Lipinski definition) is 2. The minimum atomic E-state index is -0.0137. The second-order valence-corrected chi connectivity index (χ2v) is 7.35. The normalized spacial score (nSPS) is 30.7. The lowest BCUT2D eigenvalue weighted by Crippen LogP contribution is -2.45. The van der Waals surface area contributed by atoms with Crippen molar-refractivity contribution in [1.29, 1.82) is 0 Å². The first-order valence-corrected chi connectivity index (χ1v) is 8.18. The largest absolute Gasteiger partial charge is 0.469 e. The highest BCUT2D eigenvalue weighted by atomic mass is 16.5. The Labute approximate surface area is 127 Å². The molecule has 1 fully saturated rings. The molecular weight excluding hydrogens is 260 g/mol. The van der Waals surface area contributed by atoms with Crippen molar-refractivity contribution in [1.82, 2.24) is 0 Å². The van der Waals surface area contributed by atoms with Crippen molar-refractivity contribution in [3.05, 3.63) is 35.4 Å². The third kappa shape index (κ3) is 2.49. The second-order valence-electron chi connectivity index (χ2n) is 7.35. The van der Waals surface area contributed by atoms with Crippen LogP contribution < -0.4 is 0 Å². The first-order valence-electron chi connectivity index (χ1n) is 8.18. The molecule has 3 rings (SSSR count). The summed E-state index contributed by atoms with van der Waals surface area (Å²) in [7, 11) is 1.52. The molecule has 0 aliphatic heterocycles. The predicted octanol–water partition coefficient (Wildman–Crippen LogP) is 4.02. The average Bonchev–Trinajstić information content (AvgIpc) is 2.66. The number of esters is 1. The molecule has 114 valence electrons. The van der Waals surface area contributed by atoms with Crippen LogP contribution in [0.5, 0.6) is 0 Å². The molecule has 0 amide bonds. The Hall–Kier alpha value is -1.31. The van der Waals surface area contributed by atoms with E-state index in [2.05, 4.69) is 38.1 Å². The molecule has 0 radical (unpaired) electrons. The number of benzene rings is 1. The van der Waals surface area contributed by atoms with Gasteiger partial charge in [-0.15, -0.1) is 0 Å². The van der Waals surface area contributed by atoms with Gasteiger partial charge in [0.1, 0.15) is 0 Å². The van der Waals surface area contributed by atoms with E-state index in [9.17, 15) is 4.79 Å². The van der Waals surface area contributed by atoms with Crippen molar-refractivity contribution in [3.63, 3.8) is 0 Å². The zero-order valence-corrected chi connectivity index (χ0v) is 13.4. The zero-order valence-electron chi connectivity index (χ0n) is 13.4. The van der Waals surface area contributed by atoms with Gasteiger partial charge in [-0.2, -0.15) is 0 Å². The maximum atomic E-state index is 12.1. The second kappa shape index (κ2) is 5.47. The Kier molecular flexibility index (Phi) is 3.81. The van der Waals surface area contributed by atoms with Crippen molar-refractivity contribution in [2.45, 2.75) is 46.0 Å². The summed E-state index contributed by atoms with van der Waals surface area (Å²) in [6.07, 6.45) is 5.65. The Bertz CT molecular complexity index is 532. The van der Waals surface area contributed by atoms with Crippen LogP contribution in [0.2, 0.25) is 0 Å². The van der Waals surface area contributed by atoms with Gasteiger partial charge >= 0.3 is 5.97 Å². The molecule has 0 aromatic heterocycles. The van der Waals surface area contributed by atoms with E-state index < -0.39 is 0 Å². The summed E-state index contributed by atoms with van der Waals surface area (Å²) in [5, 5.41) is 0. The van der Waals surface area contributed by atoms with E-state index in [-0.39, 0.29) is 17.3 Å². The molecule has 2 nitrogen and oxygen atoms in total. The number of methoxy groups -OCH3 is 1. The average molecular weight is 286 g/mol. The summed E-state index contributed by atoms with van der Waals surface area (Å²) < 4.78 is 5.06. The summed E-state index contributed by atoms with van der Waals surface area (Å²) in [5.74, 6) is 1.37. The Balaban J connectivity index is 1.88. The molecule has 1 saturated carbocycles. The third-order valence-electron chi connectivity index (χ3n) is 6.06. The topological polar surface area (TPSA) is 26.3 Å². The van der Waals surface area contributed by atoms with Crippen LogP contribution in [-0.2, 0) is 22.4 Å². The van der Waals surface area contributed by atoms with Gasteiger partial charge in [-0.3, -0.25) is 4.79 Å². The summed E-state index contributed by atoms with van der Waals surface area (Å²) in [6, 6.07) is 8.87. The highest BCUT2D eigenvalue weighted by Crippen LogP contribution is 2.52. The van der Waals surface area contributed by atoms with E-state index in [1.54, 1.807) is 0 Å². The minimum absolute atomic E-state index is 0.0137. The quantitative estimate of drug-likeness (QED) is 0.729. The van der Waals surface area contributed by atoms with E-state index in [0.29, 0.717) is 11.8 Å². The number of rotatable bonds is 1. The van der Waals surface area contributed by atoms with Gasteiger partial charge in [0.25, 0.3) is 0 Å². The molecule has 21 heavy (non-hydrogen) atoms. The monoisotopic (exact) mass is 286 g/mol. The molecule has 0 saturated heterocycles. The number of aryl methyl sites for hydroxylation is 1. The summed E-state index contributed by atoms with van der Waals surface area (Å²) >= 11 is 0. The standard InChI is InChI=1S/C19H26O2/c1-19(2)16-10-8-13-6-4-5-7-14(13)12-15(16)9-11-17(19)18(20)21-3/h4-7,15-17H,8-12H2,1-3H3. The van der Waals surface area contributed by atoms with Gasteiger partial charge in [0, 0.05) is 0 Å². The molecular formula is C19H26O2.